The zero-order valence-corrected chi connectivity index (χ0v) is 27.6. The Balaban J connectivity index is 1.80. The molecular weight excluding hydrogens is 623 g/mol. The molecule has 1 atom stereocenters. The Labute approximate surface area is 257 Å². The number of hydrogen-bond donors (Lipinski definition) is 0. The Morgan fingerprint density at radius 2 is 1.55 bits per heavy atom. The third kappa shape index (κ3) is 8.66. The second kappa shape index (κ2) is 16.3. The van der Waals surface area contributed by atoms with Gasteiger partial charge in [-0.05, 0) is 45.9 Å². The van der Waals surface area contributed by atoms with Crippen molar-refractivity contribution in [1.29, 1.82) is 0 Å². The summed E-state index contributed by atoms with van der Waals surface area (Å²) < 4.78 is 75.1. The molecule has 0 aromatic heterocycles. The predicted molar refractivity (Wildman–Crippen MR) is 160 cm³/mol. The number of anilines is 2. The van der Waals surface area contributed by atoms with Crippen LogP contribution in [0.4, 0.5) is 20.6 Å². The molecule has 3 amide bonds. The fourth-order valence-corrected chi connectivity index (χ4v) is 10.2. The summed E-state index contributed by atoms with van der Waals surface area (Å²) in [5.74, 6) is -2.10. The van der Waals surface area contributed by atoms with Gasteiger partial charge in [-0.2, -0.15) is 0 Å². The van der Waals surface area contributed by atoms with Crippen LogP contribution >= 0.6 is 15.2 Å². The van der Waals surface area contributed by atoms with Crippen LogP contribution in [0, 0.1) is 5.82 Å². The molecule has 3 rings (SSSR count). The molecule has 1 aromatic rings. The first kappa shape index (κ1) is 36.1. The molecule has 2 aliphatic rings. The van der Waals surface area contributed by atoms with Gasteiger partial charge in [-0.15, -0.1) is 0 Å². The van der Waals surface area contributed by atoms with E-state index in [1.54, 1.807) is 39.8 Å². The Kier molecular flexibility index (Phi) is 13.3. The minimum Gasteiger partial charge on any atom is -0.442 e. The molecule has 0 N–H and O–H groups in total. The van der Waals surface area contributed by atoms with Crippen molar-refractivity contribution >= 4 is 44.5 Å². The lowest BCUT2D eigenvalue weighted by Gasteiger charge is -2.32. The lowest BCUT2D eigenvalue weighted by molar-refractivity contribution is -0.144. The summed E-state index contributed by atoms with van der Waals surface area (Å²) in [6.45, 7) is 8.62. The Morgan fingerprint density at radius 3 is 2.02 bits per heavy atom. The highest BCUT2D eigenvalue weighted by molar-refractivity contribution is 7.72. The number of nitrogens with zero attached hydrogens (tertiary/aromatic N) is 3. The van der Waals surface area contributed by atoms with Crippen LogP contribution in [0.3, 0.4) is 0 Å². The van der Waals surface area contributed by atoms with Crippen LogP contribution in [-0.2, 0) is 46.3 Å². The van der Waals surface area contributed by atoms with Crippen LogP contribution in [0.25, 0.3) is 0 Å². The summed E-state index contributed by atoms with van der Waals surface area (Å²) >= 11 is 0. The van der Waals surface area contributed by atoms with Gasteiger partial charge in [0, 0.05) is 20.0 Å². The third-order valence-corrected chi connectivity index (χ3v) is 12.9. The van der Waals surface area contributed by atoms with Gasteiger partial charge >= 0.3 is 21.3 Å². The highest BCUT2D eigenvalue weighted by atomic mass is 31.2. The number of ether oxygens (including phenoxy) is 2. The van der Waals surface area contributed by atoms with E-state index in [9.17, 15) is 23.5 Å². The Morgan fingerprint density at radius 1 is 1.00 bits per heavy atom. The normalized spacial score (nSPS) is 17.7. The van der Waals surface area contributed by atoms with E-state index in [1.165, 1.54) is 11.0 Å². The standard InChI is InChI=1S/C27H42FN3O11P2/c1-6-38-43(35,39-7-2)26(44(36,40-8-3)41-9-4)17-25(33)30(20(5)32)18-22-19-31(27(34)42-22)21-10-11-24(23(28)16-21)29-12-14-37-15-13-29/h10-11,16,22,26H,6-9,12-15,17-19H2,1-5H3/t22-/m0/s1. The highest BCUT2D eigenvalue weighted by Gasteiger charge is 2.52. The van der Waals surface area contributed by atoms with Crippen molar-refractivity contribution in [3.8, 4) is 0 Å². The maximum atomic E-state index is 15.0. The van der Waals surface area contributed by atoms with Gasteiger partial charge < -0.3 is 32.5 Å². The largest absolute Gasteiger partial charge is 0.442 e. The van der Waals surface area contributed by atoms with Crippen molar-refractivity contribution in [2.75, 3.05) is 75.6 Å². The molecule has 0 radical (unpaired) electrons. The average Bonchev–Trinajstić information content (AvgIpc) is 3.35. The Hall–Kier alpha value is -2.38. The molecule has 1 aromatic carbocycles. The second-order valence-corrected chi connectivity index (χ2v) is 14.7. The zero-order valence-electron chi connectivity index (χ0n) is 25.8. The van der Waals surface area contributed by atoms with Crippen molar-refractivity contribution in [3.05, 3.63) is 24.0 Å². The number of morpholine rings is 1. The van der Waals surface area contributed by atoms with E-state index in [-0.39, 0.29) is 45.2 Å². The van der Waals surface area contributed by atoms with Crippen molar-refractivity contribution in [2.24, 2.45) is 0 Å². The topological polar surface area (TPSA) is 150 Å². The molecule has 2 saturated heterocycles. The fourth-order valence-electron chi connectivity index (χ4n) is 4.96. The monoisotopic (exact) mass is 665 g/mol. The predicted octanol–water partition coefficient (Wildman–Crippen LogP) is 4.61. The van der Waals surface area contributed by atoms with Crippen molar-refractivity contribution in [3.63, 3.8) is 0 Å². The van der Waals surface area contributed by atoms with E-state index in [0.717, 1.165) is 11.8 Å². The molecule has 17 heteroatoms. The SMILES string of the molecule is CCOP(=O)(OCC)C(CC(=O)N(C[C@H]1CN(c2ccc(N3CCOCC3)c(F)c2)C(=O)O1)C(C)=O)P(=O)(OCC)OCC. The van der Waals surface area contributed by atoms with Crippen LogP contribution in [0.15, 0.2) is 18.2 Å². The van der Waals surface area contributed by atoms with Crippen LogP contribution in [0.2, 0.25) is 0 Å². The summed E-state index contributed by atoms with van der Waals surface area (Å²) in [5, 5.41) is -1.67. The third-order valence-electron chi connectivity index (χ3n) is 6.86. The van der Waals surface area contributed by atoms with E-state index in [1.807, 2.05) is 4.90 Å². The van der Waals surface area contributed by atoms with Gasteiger partial charge in [-0.25, -0.2) is 9.18 Å². The molecule has 14 nitrogen and oxygen atoms in total. The lowest BCUT2D eigenvalue weighted by Crippen LogP contribution is -2.43. The molecule has 2 heterocycles. The highest BCUT2D eigenvalue weighted by Crippen LogP contribution is 2.71. The first-order valence-corrected chi connectivity index (χ1v) is 17.8. The number of amides is 3. The minimum absolute atomic E-state index is 0.0809. The van der Waals surface area contributed by atoms with Gasteiger partial charge in [0.25, 0.3) is 0 Å². The van der Waals surface area contributed by atoms with E-state index in [2.05, 4.69) is 0 Å². The maximum absolute atomic E-state index is 15.0. The number of imide groups is 1. The molecule has 0 spiro atoms. The van der Waals surface area contributed by atoms with Crippen LogP contribution < -0.4 is 9.80 Å². The maximum Gasteiger partial charge on any atom is 0.414 e. The van der Waals surface area contributed by atoms with Gasteiger partial charge in [0.1, 0.15) is 11.9 Å². The number of cyclic esters (lactones) is 1. The molecular formula is C27H42FN3O11P2. The number of rotatable bonds is 16. The van der Waals surface area contributed by atoms with Gasteiger partial charge in [-0.3, -0.25) is 28.5 Å². The molecule has 248 valence electrons. The second-order valence-electron chi connectivity index (χ2n) is 9.81. The van der Waals surface area contributed by atoms with Crippen LogP contribution in [0.5, 0.6) is 0 Å². The van der Waals surface area contributed by atoms with E-state index >= 15 is 4.39 Å². The molecule has 0 unspecified atom stereocenters. The minimum atomic E-state index is -4.26. The van der Waals surface area contributed by atoms with Crippen LogP contribution in [-0.4, -0.2) is 100 Å². The average molecular weight is 666 g/mol. The van der Waals surface area contributed by atoms with Crippen molar-refractivity contribution in [1.82, 2.24) is 4.90 Å². The number of carbonyl (C=O) groups excluding carboxylic acids is 3. The van der Waals surface area contributed by atoms with Gasteiger partial charge in [0.05, 0.1) is 70.5 Å². The molecule has 2 aliphatic heterocycles. The quantitative estimate of drug-likeness (QED) is 0.227. The van der Waals surface area contributed by atoms with E-state index < -0.39 is 56.8 Å². The van der Waals surface area contributed by atoms with Gasteiger partial charge in [0.15, 0.2) is 5.40 Å². The summed E-state index contributed by atoms with van der Waals surface area (Å²) in [7, 11) is -8.52. The summed E-state index contributed by atoms with van der Waals surface area (Å²) in [6, 6.07) is 4.39. The molecule has 0 bridgehead atoms. The van der Waals surface area contributed by atoms with E-state index in [0.29, 0.717) is 32.0 Å². The summed E-state index contributed by atoms with van der Waals surface area (Å²) in [6.07, 6.45) is -2.49. The summed E-state index contributed by atoms with van der Waals surface area (Å²) in [5.41, 5.74) is 0.633. The smallest absolute Gasteiger partial charge is 0.414 e. The number of benzene rings is 1. The van der Waals surface area contributed by atoms with Gasteiger partial charge in [-0.1, -0.05) is 0 Å². The molecule has 2 fully saturated rings. The first-order valence-electron chi connectivity index (χ1n) is 14.6. The fraction of sp³-hybridized carbons (Fsp3) is 0.667. The van der Waals surface area contributed by atoms with Crippen LogP contribution in [0.1, 0.15) is 41.0 Å². The van der Waals surface area contributed by atoms with Crippen molar-refractivity contribution in [2.45, 2.75) is 52.5 Å². The van der Waals surface area contributed by atoms with Gasteiger partial charge in [0.2, 0.25) is 11.8 Å². The lowest BCUT2D eigenvalue weighted by atomic mass is 10.2. The molecule has 44 heavy (non-hydrogen) atoms. The number of carbonyl (C=O) groups is 3. The number of hydrogen-bond acceptors (Lipinski definition) is 12. The van der Waals surface area contributed by atoms with E-state index in [4.69, 9.17) is 27.6 Å². The zero-order chi connectivity index (χ0) is 32.5. The summed E-state index contributed by atoms with van der Waals surface area (Å²) in [4.78, 5) is 42.9. The number of halogens is 1. The van der Waals surface area contributed by atoms with Crippen molar-refractivity contribution < 1.29 is 55.5 Å². The Bertz CT molecular complexity index is 1210. The molecule has 0 aliphatic carbocycles. The first-order chi connectivity index (χ1) is 20.9. The molecule has 0 saturated carbocycles.